The second-order valence-electron chi connectivity index (χ2n) is 5.27. The summed E-state index contributed by atoms with van der Waals surface area (Å²) in [5, 5.41) is 7.13. The van der Waals surface area contributed by atoms with Crippen LogP contribution in [0.25, 0.3) is 33.5 Å². The van der Waals surface area contributed by atoms with Gasteiger partial charge in [-0.3, -0.25) is 9.89 Å². The minimum Gasteiger partial charge on any atom is -0.382 e. The molecule has 0 fully saturated rings. The van der Waals surface area contributed by atoms with E-state index in [1.165, 1.54) is 6.07 Å². The summed E-state index contributed by atoms with van der Waals surface area (Å²) < 4.78 is 14.1. The Morgan fingerprint density at radius 2 is 1.79 bits per heavy atom. The Balaban J connectivity index is 2.00. The average molecular weight is 321 g/mol. The van der Waals surface area contributed by atoms with E-state index in [1.807, 2.05) is 0 Å². The van der Waals surface area contributed by atoms with Crippen LogP contribution in [0.4, 0.5) is 10.2 Å². The van der Waals surface area contributed by atoms with Crippen molar-refractivity contribution in [1.82, 2.24) is 20.2 Å². The van der Waals surface area contributed by atoms with Crippen molar-refractivity contribution in [2.45, 2.75) is 0 Å². The summed E-state index contributed by atoms with van der Waals surface area (Å²) in [5.41, 5.74) is 7.18. The Hall–Kier alpha value is -3.48. The number of hydrogen-bond acceptors (Lipinski definition) is 4. The van der Waals surface area contributed by atoms with Crippen molar-refractivity contribution in [3.63, 3.8) is 0 Å². The maximum Gasteiger partial charge on any atom is 0.259 e. The third-order valence-corrected chi connectivity index (χ3v) is 3.79. The predicted molar refractivity (Wildman–Crippen MR) is 89.8 cm³/mol. The van der Waals surface area contributed by atoms with E-state index in [9.17, 15) is 9.18 Å². The summed E-state index contributed by atoms with van der Waals surface area (Å²) in [4.78, 5) is 19.4. The van der Waals surface area contributed by atoms with E-state index in [-0.39, 0.29) is 17.2 Å². The first kappa shape index (κ1) is 14.1. The maximum atomic E-state index is 14.1. The highest BCUT2D eigenvalue weighted by Gasteiger charge is 2.19. The molecule has 4 N–H and O–H groups in total. The molecule has 4 rings (SSSR count). The van der Waals surface area contributed by atoms with E-state index >= 15 is 0 Å². The van der Waals surface area contributed by atoms with Gasteiger partial charge in [-0.1, -0.05) is 24.3 Å². The molecule has 0 unspecified atom stereocenters. The molecule has 4 aromatic rings. The molecule has 0 saturated carbocycles. The number of nitrogens with two attached hydrogens (primary N) is 1. The molecule has 0 bridgehead atoms. The Morgan fingerprint density at radius 1 is 1.04 bits per heavy atom. The molecule has 0 radical (unpaired) electrons. The minimum absolute atomic E-state index is 0.131. The number of halogens is 1. The number of rotatable bonds is 2. The first-order valence-corrected chi connectivity index (χ1v) is 7.23. The van der Waals surface area contributed by atoms with Gasteiger partial charge in [-0.15, -0.1) is 0 Å². The Morgan fingerprint density at radius 3 is 2.62 bits per heavy atom. The number of H-pyrrole nitrogens is 2. The van der Waals surface area contributed by atoms with E-state index in [0.29, 0.717) is 27.7 Å². The zero-order chi connectivity index (χ0) is 16.7. The first-order valence-electron chi connectivity index (χ1n) is 7.23. The molecule has 2 heterocycles. The van der Waals surface area contributed by atoms with Crippen molar-refractivity contribution < 1.29 is 4.39 Å². The maximum absolute atomic E-state index is 14.1. The van der Waals surface area contributed by atoms with Crippen molar-refractivity contribution in [2.24, 2.45) is 0 Å². The lowest BCUT2D eigenvalue weighted by Gasteiger charge is -2.06. The van der Waals surface area contributed by atoms with Gasteiger partial charge in [0.25, 0.3) is 5.56 Å². The topological polar surface area (TPSA) is 100 Å². The molecular weight excluding hydrogens is 309 g/mol. The number of benzene rings is 2. The van der Waals surface area contributed by atoms with Crippen molar-refractivity contribution in [2.75, 3.05) is 5.73 Å². The van der Waals surface area contributed by atoms with E-state index in [2.05, 4.69) is 20.2 Å². The standard InChI is InChI=1S/C17H12FN5O/c18-11-7-3-1-5-9(11)14-13(15(19)23-22-14)16-20-12-8-4-2-6-10(12)17(24)21-16/h1-8H,(H3,19,22,23)(H,20,21,24). The van der Waals surface area contributed by atoms with Gasteiger partial charge in [0.2, 0.25) is 0 Å². The molecule has 0 atom stereocenters. The van der Waals surface area contributed by atoms with Gasteiger partial charge in [0.1, 0.15) is 11.6 Å². The summed E-state index contributed by atoms with van der Waals surface area (Å²) >= 11 is 0. The summed E-state index contributed by atoms with van der Waals surface area (Å²) in [5.74, 6) is -0.0552. The van der Waals surface area contributed by atoms with Gasteiger partial charge >= 0.3 is 0 Å². The van der Waals surface area contributed by atoms with Crippen LogP contribution in [0.1, 0.15) is 0 Å². The normalized spacial score (nSPS) is 11.0. The fourth-order valence-electron chi connectivity index (χ4n) is 2.66. The molecule has 7 heteroatoms. The van der Waals surface area contributed by atoms with Gasteiger partial charge in [0, 0.05) is 5.56 Å². The number of fused-ring (bicyclic) bond motifs is 1. The van der Waals surface area contributed by atoms with E-state index in [1.54, 1.807) is 42.5 Å². The molecule has 2 aromatic carbocycles. The van der Waals surface area contributed by atoms with Gasteiger partial charge in [0.15, 0.2) is 5.82 Å². The highest BCUT2D eigenvalue weighted by molar-refractivity contribution is 5.87. The van der Waals surface area contributed by atoms with Crippen LogP contribution in [0, 0.1) is 5.82 Å². The van der Waals surface area contributed by atoms with E-state index in [0.717, 1.165) is 0 Å². The van der Waals surface area contributed by atoms with Crippen LogP contribution in [-0.2, 0) is 0 Å². The lowest BCUT2D eigenvalue weighted by atomic mass is 10.1. The van der Waals surface area contributed by atoms with Crippen molar-refractivity contribution in [3.8, 4) is 22.6 Å². The molecule has 0 saturated heterocycles. The van der Waals surface area contributed by atoms with Crippen LogP contribution < -0.4 is 11.3 Å². The van der Waals surface area contributed by atoms with E-state index in [4.69, 9.17) is 5.73 Å². The number of nitrogen functional groups attached to an aromatic ring is 1. The summed E-state index contributed by atoms with van der Waals surface area (Å²) in [6, 6.07) is 13.2. The quantitative estimate of drug-likeness (QED) is 0.528. The highest BCUT2D eigenvalue weighted by Crippen LogP contribution is 2.33. The summed E-state index contributed by atoms with van der Waals surface area (Å²) in [7, 11) is 0. The van der Waals surface area contributed by atoms with Crippen molar-refractivity contribution in [3.05, 3.63) is 64.7 Å². The largest absolute Gasteiger partial charge is 0.382 e. The van der Waals surface area contributed by atoms with Crippen LogP contribution >= 0.6 is 0 Å². The second kappa shape index (κ2) is 5.31. The number of hydrogen-bond donors (Lipinski definition) is 3. The molecule has 0 aliphatic rings. The van der Waals surface area contributed by atoms with Crippen LogP contribution in [0.15, 0.2) is 53.3 Å². The lowest BCUT2D eigenvalue weighted by Crippen LogP contribution is -2.10. The Bertz CT molecular complexity index is 1120. The van der Waals surface area contributed by atoms with Gasteiger partial charge < -0.3 is 10.7 Å². The number of anilines is 1. The number of aromatic amines is 2. The molecule has 6 nitrogen and oxygen atoms in total. The lowest BCUT2D eigenvalue weighted by molar-refractivity contribution is 0.630. The van der Waals surface area contributed by atoms with Crippen LogP contribution in [0.2, 0.25) is 0 Å². The molecule has 118 valence electrons. The molecule has 2 aromatic heterocycles. The Kier molecular flexibility index (Phi) is 3.13. The smallest absolute Gasteiger partial charge is 0.259 e. The summed E-state index contributed by atoms with van der Waals surface area (Å²) in [6.07, 6.45) is 0. The minimum atomic E-state index is -0.425. The van der Waals surface area contributed by atoms with E-state index < -0.39 is 5.82 Å². The fraction of sp³-hybridized carbons (Fsp3) is 0. The molecule has 0 spiro atoms. The Labute approximate surface area is 135 Å². The number of para-hydroxylation sites is 1. The zero-order valence-electron chi connectivity index (χ0n) is 12.4. The molecular formula is C17H12FN5O. The van der Waals surface area contributed by atoms with Crippen LogP contribution in [0.3, 0.4) is 0 Å². The fourth-order valence-corrected chi connectivity index (χ4v) is 2.66. The third-order valence-electron chi connectivity index (χ3n) is 3.79. The van der Waals surface area contributed by atoms with Crippen molar-refractivity contribution in [1.29, 1.82) is 0 Å². The van der Waals surface area contributed by atoms with Crippen molar-refractivity contribution >= 4 is 16.7 Å². The average Bonchev–Trinajstić information content (AvgIpc) is 2.97. The van der Waals surface area contributed by atoms with Gasteiger partial charge in [-0.05, 0) is 24.3 Å². The summed E-state index contributed by atoms with van der Waals surface area (Å²) in [6.45, 7) is 0. The third kappa shape index (κ3) is 2.14. The zero-order valence-corrected chi connectivity index (χ0v) is 12.4. The number of nitrogens with one attached hydrogen (secondary N) is 2. The van der Waals surface area contributed by atoms with Crippen LogP contribution in [0.5, 0.6) is 0 Å². The highest BCUT2D eigenvalue weighted by atomic mass is 19.1. The molecule has 0 amide bonds. The molecule has 0 aliphatic carbocycles. The second-order valence-corrected chi connectivity index (χ2v) is 5.27. The first-order chi connectivity index (χ1) is 11.6. The SMILES string of the molecule is Nc1n[nH]c(-c2ccccc2F)c1-c1nc2ccccc2c(=O)[nH]1. The number of aromatic nitrogens is 4. The monoisotopic (exact) mass is 321 g/mol. The molecule has 24 heavy (non-hydrogen) atoms. The van der Waals surface area contributed by atoms with Gasteiger partial charge in [0.05, 0.1) is 22.2 Å². The predicted octanol–water partition coefficient (Wildman–Crippen LogP) is 2.70. The number of nitrogens with zero attached hydrogens (tertiary/aromatic N) is 2. The van der Waals surface area contributed by atoms with Crippen LogP contribution in [-0.4, -0.2) is 20.2 Å². The molecule has 0 aliphatic heterocycles. The van der Waals surface area contributed by atoms with Gasteiger partial charge in [-0.2, -0.15) is 5.10 Å². The van der Waals surface area contributed by atoms with Gasteiger partial charge in [-0.25, -0.2) is 9.37 Å².